The summed E-state index contributed by atoms with van der Waals surface area (Å²) < 4.78 is 5.03. The Bertz CT molecular complexity index is 741. The van der Waals surface area contributed by atoms with E-state index in [-0.39, 0.29) is 18.1 Å². The van der Waals surface area contributed by atoms with Gasteiger partial charge in [-0.2, -0.15) is 0 Å². The van der Waals surface area contributed by atoms with E-state index in [1.54, 1.807) is 0 Å². The minimum atomic E-state index is -0.281. The Morgan fingerprint density at radius 2 is 2.18 bits per heavy atom. The van der Waals surface area contributed by atoms with Gasteiger partial charge in [-0.1, -0.05) is 23.8 Å². The first-order valence-corrected chi connectivity index (χ1v) is 7.56. The predicted molar refractivity (Wildman–Crippen MR) is 87.7 cm³/mol. The lowest BCUT2D eigenvalue weighted by molar-refractivity contribution is -0.147. The quantitative estimate of drug-likeness (QED) is 0.684. The predicted octanol–water partition coefficient (Wildman–Crippen LogP) is 3.20. The molecular weight excluding hydrogens is 276 g/mol. The van der Waals surface area contributed by atoms with E-state index in [1.807, 2.05) is 13.2 Å². The standard InChI is InChI=1S/C18H22N2O2/c1-11(2)8-15-13-6-5-7-14-17(13)12(10-19-14)9-16(20(15)3)18(21)22-4/h5-8,10,15-16,19H,9H2,1-4H3. The average molecular weight is 298 g/mol. The summed E-state index contributed by atoms with van der Waals surface area (Å²) in [6.07, 6.45) is 4.89. The summed E-state index contributed by atoms with van der Waals surface area (Å²) in [7, 11) is 3.46. The lowest BCUT2D eigenvalue weighted by Gasteiger charge is -2.30. The number of aromatic amines is 1. The molecule has 4 heteroatoms. The molecule has 4 nitrogen and oxygen atoms in total. The molecule has 1 aromatic heterocycles. The van der Waals surface area contributed by atoms with Gasteiger partial charge in [0.05, 0.1) is 13.2 Å². The minimum Gasteiger partial charge on any atom is -0.468 e. The first-order chi connectivity index (χ1) is 10.5. The Labute approximate surface area is 130 Å². The molecule has 0 saturated carbocycles. The summed E-state index contributed by atoms with van der Waals surface area (Å²) in [6, 6.07) is 6.09. The number of nitrogens with one attached hydrogen (secondary N) is 1. The zero-order valence-electron chi connectivity index (χ0n) is 13.5. The van der Waals surface area contributed by atoms with Gasteiger partial charge in [0.15, 0.2) is 0 Å². The van der Waals surface area contributed by atoms with Gasteiger partial charge in [0, 0.05) is 23.5 Å². The van der Waals surface area contributed by atoms with E-state index in [2.05, 4.69) is 48.0 Å². The number of H-pyrrole nitrogens is 1. The Morgan fingerprint density at radius 3 is 2.86 bits per heavy atom. The zero-order chi connectivity index (χ0) is 15.9. The largest absolute Gasteiger partial charge is 0.468 e. The fraction of sp³-hybridized carbons (Fsp3) is 0.389. The first kappa shape index (κ1) is 14.9. The van der Waals surface area contributed by atoms with Crippen molar-refractivity contribution in [3.8, 4) is 0 Å². The van der Waals surface area contributed by atoms with Crippen molar-refractivity contribution in [1.29, 1.82) is 0 Å². The summed E-state index contributed by atoms with van der Waals surface area (Å²) in [5.41, 5.74) is 4.77. The van der Waals surface area contributed by atoms with Gasteiger partial charge in [-0.15, -0.1) is 0 Å². The van der Waals surface area contributed by atoms with Crippen molar-refractivity contribution in [2.75, 3.05) is 14.2 Å². The molecule has 0 amide bonds. The van der Waals surface area contributed by atoms with Crippen molar-refractivity contribution in [1.82, 2.24) is 9.88 Å². The number of likely N-dealkylation sites (N-methyl/N-ethyl adjacent to an activating group) is 1. The van der Waals surface area contributed by atoms with E-state index in [0.717, 1.165) is 5.52 Å². The third-order valence-corrected chi connectivity index (χ3v) is 4.45. The van der Waals surface area contributed by atoms with Gasteiger partial charge in [-0.25, -0.2) is 0 Å². The topological polar surface area (TPSA) is 45.3 Å². The smallest absolute Gasteiger partial charge is 0.323 e. The van der Waals surface area contributed by atoms with Crippen molar-refractivity contribution in [3.63, 3.8) is 0 Å². The van der Waals surface area contributed by atoms with Crippen LogP contribution in [0.2, 0.25) is 0 Å². The Kier molecular flexibility index (Phi) is 3.79. The number of carbonyl (C=O) groups is 1. The molecule has 2 aromatic rings. The van der Waals surface area contributed by atoms with E-state index in [0.29, 0.717) is 6.42 Å². The minimum absolute atomic E-state index is 0.0647. The molecule has 0 bridgehead atoms. The van der Waals surface area contributed by atoms with Crippen LogP contribution in [0.25, 0.3) is 10.9 Å². The van der Waals surface area contributed by atoms with Gasteiger partial charge in [0.2, 0.25) is 0 Å². The fourth-order valence-corrected chi connectivity index (χ4v) is 3.37. The van der Waals surface area contributed by atoms with Crippen LogP contribution in [-0.2, 0) is 16.0 Å². The highest BCUT2D eigenvalue weighted by Gasteiger charge is 2.34. The molecule has 1 aliphatic rings. The summed E-state index contributed by atoms with van der Waals surface area (Å²) in [6.45, 7) is 4.17. The van der Waals surface area contributed by atoms with Crippen LogP contribution in [0.1, 0.15) is 31.0 Å². The molecule has 0 aliphatic carbocycles. The van der Waals surface area contributed by atoms with Gasteiger partial charge >= 0.3 is 5.97 Å². The molecule has 0 saturated heterocycles. The third-order valence-electron chi connectivity index (χ3n) is 4.45. The zero-order valence-corrected chi connectivity index (χ0v) is 13.5. The van der Waals surface area contributed by atoms with Crippen molar-refractivity contribution in [2.45, 2.75) is 32.4 Å². The van der Waals surface area contributed by atoms with E-state index in [4.69, 9.17) is 4.74 Å². The molecule has 2 unspecified atom stereocenters. The van der Waals surface area contributed by atoms with Crippen LogP contribution in [0.3, 0.4) is 0 Å². The van der Waals surface area contributed by atoms with Crippen LogP contribution in [0, 0.1) is 0 Å². The van der Waals surface area contributed by atoms with Gasteiger partial charge in [-0.05, 0) is 38.1 Å². The number of ether oxygens (including phenoxy) is 1. The Balaban J connectivity index is 2.22. The van der Waals surface area contributed by atoms with Gasteiger partial charge < -0.3 is 9.72 Å². The fourth-order valence-electron chi connectivity index (χ4n) is 3.37. The maximum atomic E-state index is 12.3. The molecule has 1 aromatic carbocycles. The second-order valence-electron chi connectivity index (χ2n) is 6.18. The number of carbonyl (C=O) groups excluding carboxylic acids is 1. The molecule has 3 rings (SSSR count). The van der Waals surface area contributed by atoms with Crippen LogP contribution < -0.4 is 0 Å². The number of esters is 1. The summed E-state index contributed by atoms with van der Waals surface area (Å²) >= 11 is 0. The lowest BCUT2D eigenvalue weighted by atomic mass is 9.99. The Morgan fingerprint density at radius 1 is 1.41 bits per heavy atom. The average Bonchev–Trinajstić information content (AvgIpc) is 2.87. The molecular formula is C18H22N2O2. The lowest BCUT2D eigenvalue weighted by Crippen LogP contribution is -2.41. The van der Waals surface area contributed by atoms with E-state index < -0.39 is 0 Å². The van der Waals surface area contributed by atoms with Crippen LogP contribution >= 0.6 is 0 Å². The SMILES string of the molecule is COC(=O)C1Cc2c[nH]c3cccc(c23)C(C=C(C)C)N1C. The van der Waals surface area contributed by atoms with Crippen LogP contribution in [0.4, 0.5) is 0 Å². The van der Waals surface area contributed by atoms with Crippen molar-refractivity contribution < 1.29 is 9.53 Å². The number of hydrogen-bond acceptors (Lipinski definition) is 3. The van der Waals surface area contributed by atoms with Gasteiger partial charge in [-0.3, -0.25) is 9.69 Å². The van der Waals surface area contributed by atoms with Crippen molar-refractivity contribution in [3.05, 3.63) is 47.2 Å². The number of nitrogens with zero attached hydrogens (tertiary/aromatic N) is 1. The molecule has 1 N–H and O–H groups in total. The van der Waals surface area contributed by atoms with Gasteiger partial charge in [0.25, 0.3) is 0 Å². The monoisotopic (exact) mass is 298 g/mol. The Hall–Kier alpha value is -2.07. The molecule has 0 spiro atoms. The third kappa shape index (κ3) is 2.33. The van der Waals surface area contributed by atoms with E-state index in [1.165, 1.54) is 29.2 Å². The number of aromatic nitrogens is 1. The number of benzene rings is 1. The number of methoxy groups -OCH3 is 1. The first-order valence-electron chi connectivity index (χ1n) is 7.56. The van der Waals surface area contributed by atoms with Gasteiger partial charge in [0.1, 0.15) is 6.04 Å². The molecule has 0 fully saturated rings. The highest BCUT2D eigenvalue weighted by atomic mass is 16.5. The molecule has 0 radical (unpaired) electrons. The number of allylic oxidation sites excluding steroid dienone is 1. The number of rotatable bonds is 2. The maximum absolute atomic E-state index is 12.3. The second-order valence-corrected chi connectivity index (χ2v) is 6.18. The second kappa shape index (κ2) is 5.61. The van der Waals surface area contributed by atoms with Crippen LogP contribution in [0.15, 0.2) is 36.0 Å². The molecule has 2 heterocycles. The highest BCUT2D eigenvalue weighted by Crippen LogP contribution is 2.37. The van der Waals surface area contributed by atoms with E-state index in [9.17, 15) is 4.79 Å². The van der Waals surface area contributed by atoms with Crippen molar-refractivity contribution >= 4 is 16.9 Å². The molecule has 22 heavy (non-hydrogen) atoms. The van der Waals surface area contributed by atoms with Crippen molar-refractivity contribution in [2.24, 2.45) is 0 Å². The molecule has 116 valence electrons. The maximum Gasteiger partial charge on any atom is 0.323 e. The molecule has 2 atom stereocenters. The molecule has 1 aliphatic heterocycles. The highest BCUT2D eigenvalue weighted by molar-refractivity contribution is 5.89. The van der Waals surface area contributed by atoms with Crippen LogP contribution in [-0.4, -0.2) is 36.1 Å². The van der Waals surface area contributed by atoms with E-state index >= 15 is 0 Å². The van der Waals surface area contributed by atoms with Crippen LogP contribution in [0.5, 0.6) is 0 Å². The normalized spacial score (nSPS) is 21.5. The summed E-state index contributed by atoms with van der Waals surface area (Å²) in [5, 5.41) is 1.24. The number of hydrogen-bond donors (Lipinski definition) is 1. The summed E-state index contributed by atoms with van der Waals surface area (Å²) in [5.74, 6) is -0.184. The summed E-state index contributed by atoms with van der Waals surface area (Å²) in [4.78, 5) is 17.7.